The van der Waals surface area contributed by atoms with Crippen molar-refractivity contribution in [2.24, 2.45) is 0 Å². The molecular formula is C22H18ClN3O3S2. The number of hydrogen-bond donors (Lipinski definition) is 2. The molecule has 3 aromatic carbocycles. The van der Waals surface area contributed by atoms with Crippen LogP contribution in [0.4, 0.5) is 10.8 Å². The summed E-state index contributed by atoms with van der Waals surface area (Å²) in [5.74, 6) is -0.325. The lowest BCUT2D eigenvalue weighted by molar-refractivity contribution is 0.102. The molecule has 1 heterocycles. The molecule has 6 nitrogen and oxygen atoms in total. The number of anilines is 2. The van der Waals surface area contributed by atoms with Crippen LogP contribution in [0.15, 0.2) is 65.6 Å². The summed E-state index contributed by atoms with van der Waals surface area (Å²) >= 11 is 7.30. The number of nitrogens with zero attached hydrogens (tertiary/aromatic N) is 1. The molecule has 31 heavy (non-hydrogen) atoms. The first-order valence-corrected chi connectivity index (χ1v) is 12.0. The van der Waals surface area contributed by atoms with Crippen molar-refractivity contribution in [2.45, 2.75) is 18.7 Å². The molecule has 0 aliphatic carbocycles. The Morgan fingerprint density at radius 1 is 1.03 bits per heavy atom. The highest BCUT2D eigenvalue weighted by Crippen LogP contribution is 2.32. The summed E-state index contributed by atoms with van der Waals surface area (Å²) in [7, 11) is -3.75. The molecule has 0 unspecified atom stereocenters. The topological polar surface area (TPSA) is 88.2 Å². The second kappa shape index (κ2) is 8.30. The van der Waals surface area contributed by atoms with Crippen LogP contribution in [0, 0.1) is 13.8 Å². The number of benzene rings is 3. The highest BCUT2D eigenvalue weighted by atomic mass is 35.5. The van der Waals surface area contributed by atoms with E-state index in [1.165, 1.54) is 11.3 Å². The zero-order chi connectivity index (χ0) is 22.2. The third-order valence-electron chi connectivity index (χ3n) is 4.61. The molecule has 4 aromatic rings. The van der Waals surface area contributed by atoms with Crippen LogP contribution in [-0.4, -0.2) is 19.3 Å². The first kappa shape index (κ1) is 21.3. The van der Waals surface area contributed by atoms with Gasteiger partial charge in [-0.3, -0.25) is 9.52 Å². The summed E-state index contributed by atoms with van der Waals surface area (Å²) in [6.45, 7) is 3.74. The monoisotopic (exact) mass is 471 g/mol. The Kier molecular flexibility index (Phi) is 5.70. The number of fused-ring (bicyclic) bond motifs is 1. The standard InChI is InChI=1S/C22H18ClN3O3S2/c1-13-7-9-16(10-8-13)31(28,29)26-22-25-20-14(2)11-15(12-19(20)30-22)24-21(27)17-5-3-4-6-18(17)23/h3-12H,1-2H3,(H,24,27)(H,25,26). The normalized spacial score (nSPS) is 11.5. The van der Waals surface area contributed by atoms with E-state index in [-0.39, 0.29) is 15.9 Å². The fourth-order valence-corrected chi connectivity index (χ4v) is 5.49. The summed E-state index contributed by atoms with van der Waals surface area (Å²) in [4.78, 5) is 17.2. The van der Waals surface area contributed by atoms with Crippen LogP contribution in [-0.2, 0) is 10.0 Å². The molecule has 0 spiro atoms. The second-order valence-electron chi connectivity index (χ2n) is 7.01. The predicted octanol–water partition coefficient (Wildman–Crippen LogP) is 5.62. The summed E-state index contributed by atoms with van der Waals surface area (Å²) in [6.07, 6.45) is 0. The Morgan fingerprint density at radius 3 is 2.45 bits per heavy atom. The molecule has 0 radical (unpaired) electrons. The number of thiazole rings is 1. The van der Waals surface area contributed by atoms with Gasteiger partial charge in [0.15, 0.2) is 5.13 Å². The van der Waals surface area contributed by atoms with Gasteiger partial charge >= 0.3 is 0 Å². The zero-order valence-corrected chi connectivity index (χ0v) is 19.0. The number of amides is 1. The molecule has 0 aliphatic heterocycles. The Labute approximate surface area is 189 Å². The minimum Gasteiger partial charge on any atom is -0.322 e. The Bertz CT molecular complexity index is 1400. The predicted molar refractivity (Wildman–Crippen MR) is 126 cm³/mol. The maximum atomic E-state index is 12.7. The Balaban J connectivity index is 1.61. The van der Waals surface area contributed by atoms with E-state index in [4.69, 9.17) is 11.6 Å². The fraction of sp³-hybridized carbons (Fsp3) is 0.0909. The van der Waals surface area contributed by atoms with Crippen molar-refractivity contribution in [2.75, 3.05) is 10.0 Å². The Hall–Kier alpha value is -2.94. The van der Waals surface area contributed by atoms with Gasteiger partial charge in [-0.1, -0.05) is 52.8 Å². The van der Waals surface area contributed by atoms with Gasteiger partial charge in [-0.05, 0) is 55.8 Å². The van der Waals surface area contributed by atoms with Crippen molar-refractivity contribution in [3.63, 3.8) is 0 Å². The first-order chi connectivity index (χ1) is 14.7. The molecule has 0 aliphatic rings. The van der Waals surface area contributed by atoms with E-state index < -0.39 is 10.0 Å². The van der Waals surface area contributed by atoms with Crippen molar-refractivity contribution >= 4 is 59.9 Å². The Morgan fingerprint density at radius 2 is 1.74 bits per heavy atom. The van der Waals surface area contributed by atoms with Crippen molar-refractivity contribution in [3.8, 4) is 0 Å². The van der Waals surface area contributed by atoms with Crippen LogP contribution in [0.2, 0.25) is 5.02 Å². The van der Waals surface area contributed by atoms with Crippen LogP contribution in [0.25, 0.3) is 10.2 Å². The first-order valence-electron chi connectivity index (χ1n) is 9.29. The smallest absolute Gasteiger partial charge is 0.263 e. The lowest BCUT2D eigenvalue weighted by Gasteiger charge is -2.07. The van der Waals surface area contributed by atoms with E-state index in [9.17, 15) is 13.2 Å². The number of sulfonamides is 1. The molecule has 0 saturated heterocycles. The minimum absolute atomic E-state index is 0.168. The zero-order valence-electron chi connectivity index (χ0n) is 16.6. The maximum Gasteiger partial charge on any atom is 0.263 e. The number of rotatable bonds is 5. The molecule has 1 amide bonds. The number of carbonyl (C=O) groups excluding carboxylic acids is 1. The fourth-order valence-electron chi connectivity index (χ4n) is 3.05. The van der Waals surface area contributed by atoms with Crippen molar-refractivity contribution in [3.05, 3.63) is 82.4 Å². The van der Waals surface area contributed by atoms with Crippen molar-refractivity contribution in [1.82, 2.24) is 4.98 Å². The van der Waals surface area contributed by atoms with Gasteiger partial charge in [-0.25, -0.2) is 13.4 Å². The third kappa shape index (κ3) is 4.56. The van der Waals surface area contributed by atoms with E-state index in [2.05, 4.69) is 15.0 Å². The van der Waals surface area contributed by atoms with Gasteiger partial charge in [0.25, 0.3) is 15.9 Å². The van der Waals surface area contributed by atoms with Crippen molar-refractivity contribution in [1.29, 1.82) is 0 Å². The molecule has 0 saturated carbocycles. The molecule has 0 bridgehead atoms. The summed E-state index contributed by atoms with van der Waals surface area (Å²) < 4.78 is 28.6. The highest BCUT2D eigenvalue weighted by molar-refractivity contribution is 7.93. The number of aromatic nitrogens is 1. The largest absolute Gasteiger partial charge is 0.322 e. The van der Waals surface area contributed by atoms with Crippen LogP contribution in [0.5, 0.6) is 0 Å². The number of aryl methyl sites for hydroxylation is 2. The number of halogens is 1. The number of hydrogen-bond acceptors (Lipinski definition) is 5. The van der Waals surface area contributed by atoms with Gasteiger partial charge in [0.2, 0.25) is 0 Å². The minimum atomic E-state index is -3.75. The average molecular weight is 472 g/mol. The summed E-state index contributed by atoms with van der Waals surface area (Å²) in [5.41, 5.74) is 3.40. The van der Waals surface area contributed by atoms with Crippen LogP contribution in [0.1, 0.15) is 21.5 Å². The van der Waals surface area contributed by atoms with E-state index in [0.29, 0.717) is 21.8 Å². The molecule has 0 atom stereocenters. The van der Waals surface area contributed by atoms with Gasteiger partial charge in [0.1, 0.15) is 0 Å². The van der Waals surface area contributed by atoms with Crippen molar-refractivity contribution < 1.29 is 13.2 Å². The summed E-state index contributed by atoms with van der Waals surface area (Å²) in [6, 6.07) is 16.9. The van der Waals surface area contributed by atoms with Gasteiger partial charge in [0, 0.05) is 5.69 Å². The number of carbonyl (C=O) groups is 1. The van der Waals surface area contributed by atoms with E-state index in [1.807, 2.05) is 13.8 Å². The van der Waals surface area contributed by atoms with Gasteiger partial charge < -0.3 is 5.32 Å². The highest BCUT2D eigenvalue weighted by Gasteiger charge is 2.18. The van der Waals surface area contributed by atoms with E-state index >= 15 is 0 Å². The molecule has 0 fully saturated rings. The van der Waals surface area contributed by atoms with Gasteiger partial charge in [0.05, 0.1) is 25.7 Å². The molecule has 4 rings (SSSR count). The summed E-state index contributed by atoms with van der Waals surface area (Å²) in [5, 5.41) is 3.46. The van der Waals surface area contributed by atoms with E-state index in [1.54, 1.807) is 60.7 Å². The quantitative estimate of drug-likeness (QED) is 0.395. The molecular weight excluding hydrogens is 454 g/mol. The maximum absolute atomic E-state index is 12.7. The molecule has 9 heteroatoms. The van der Waals surface area contributed by atoms with Gasteiger partial charge in [-0.15, -0.1) is 0 Å². The molecule has 158 valence electrons. The van der Waals surface area contributed by atoms with Crippen LogP contribution < -0.4 is 10.0 Å². The van der Waals surface area contributed by atoms with Gasteiger partial charge in [-0.2, -0.15) is 0 Å². The van der Waals surface area contributed by atoms with E-state index in [0.717, 1.165) is 15.8 Å². The lowest BCUT2D eigenvalue weighted by atomic mass is 10.1. The number of nitrogens with one attached hydrogen (secondary N) is 2. The lowest BCUT2D eigenvalue weighted by Crippen LogP contribution is -2.12. The average Bonchev–Trinajstić information content (AvgIpc) is 3.10. The SMILES string of the molecule is Cc1ccc(S(=O)(=O)Nc2nc3c(C)cc(NC(=O)c4ccccc4Cl)cc3s2)cc1. The molecule has 2 N–H and O–H groups in total. The second-order valence-corrected chi connectivity index (χ2v) is 10.1. The molecule has 1 aromatic heterocycles. The van der Waals surface area contributed by atoms with Crippen LogP contribution in [0.3, 0.4) is 0 Å². The third-order valence-corrected chi connectivity index (χ3v) is 7.35. The van der Waals surface area contributed by atoms with Crippen LogP contribution >= 0.6 is 22.9 Å².